The predicted octanol–water partition coefficient (Wildman–Crippen LogP) is 2.74. The lowest BCUT2D eigenvalue weighted by atomic mass is 9.87. The number of terminal acetylenes is 1. The van der Waals surface area contributed by atoms with Crippen molar-refractivity contribution in [2.24, 2.45) is 0 Å². The van der Waals surface area contributed by atoms with E-state index in [1.54, 1.807) is 30.3 Å². The number of benzene rings is 2. The number of carbonyl (C=O) groups excluding carboxylic acids is 2. The van der Waals surface area contributed by atoms with Crippen molar-refractivity contribution in [2.75, 3.05) is 11.4 Å². The fourth-order valence-corrected chi connectivity index (χ4v) is 3.38. The summed E-state index contributed by atoms with van der Waals surface area (Å²) in [5.74, 6) is 1.60. The molecule has 0 saturated carbocycles. The Morgan fingerprint density at radius 1 is 1.24 bits per heavy atom. The molecule has 1 aliphatic heterocycles. The summed E-state index contributed by atoms with van der Waals surface area (Å²) in [4.78, 5) is 26.9. The lowest BCUT2D eigenvalue weighted by molar-refractivity contribution is -0.135. The van der Waals surface area contributed by atoms with Crippen molar-refractivity contribution < 1.29 is 14.7 Å². The van der Waals surface area contributed by atoms with Gasteiger partial charge in [-0.3, -0.25) is 14.5 Å². The van der Waals surface area contributed by atoms with Crippen LogP contribution in [0.5, 0.6) is 0 Å². The van der Waals surface area contributed by atoms with E-state index in [4.69, 9.17) is 6.42 Å². The van der Waals surface area contributed by atoms with Crippen LogP contribution >= 0.6 is 0 Å². The van der Waals surface area contributed by atoms with E-state index in [2.05, 4.69) is 5.92 Å². The van der Waals surface area contributed by atoms with Crippen molar-refractivity contribution in [3.05, 3.63) is 64.7 Å². The number of para-hydroxylation sites is 1. The van der Waals surface area contributed by atoms with E-state index >= 15 is 0 Å². The lowest BCUT2D eigenvalue weighted by Crippen LogP contribution is -2.42. The first-order chi connectivity index (χ1) is 11.9. The summed E-state index contributed by atoms with van der Waals surface area (Å²) in [6.45, 7) is 3.85. The summed E-state index contributed by atoms with van der Waals surface area (Å²) in [5, 5.41) is 11.1. The van der Waals surface area contributed by atoms with Gasteiger partial charge in [0.05, 0.1) is 18.7 Å². The molecule has 25 heavy (non-hydrogen) atoms. The highest BCUT2D eigenvalue weighted by Crippen LogP contribution is 2.42. The Bertz CT molecular complexity index is 910. The van der Waals surface area contributed by atoms with Gasteiger partial charge >= 0.3 is 0 Å². The average molecular weight is 333 g/mol. The first kappa shape index (κ1) is 16.9. The van der Waals surface area contributed by atoms with Gasteiger partial charge in [-0.15, -0.1) is 6.42 Å². The zero-order valence-electron chi connectivity index (χ0n) is 14.2. The number of aliphatic hydroxyl groups is 1. The third-order valence-electron chi connectivity index (χ3n) is 4.59. The van der Waals surface area contributed by atoms with E-state index in [9.17, 15) is 14.7 Å². The van der Waals surface area contributed by atoms with Gasteiger partial charge in [0.1, 0.15) is 0 Å². The van der Waals surface area contributed by atoms with Crippen LogP contribution in [-0.4, -0.2) is 23.3 Å². The maximum atomic E-state index is 12.8. The lowest BCUT2D eigenvalue weighted by Gasteiger charge is -2.22. The number of nitrogens with zero attached hydrogens (tertiary/aromatic N) is 1. The number of rotatable bonds is 4. The van der Waals surface area contributed by atoms with Gasteiger partial charge in [-0.2, -0.15) is 0 Å². The average Bonchev–Trinajstić information content (AvgIpc) is 2.77. The molecule has 0 spiro atoms. The minimum absolute atomic E-state index is 0.0515. The second-order valence-corrected chi connectivity index (χ2v) is 6.39. The SMILES string of the molecule is C#CCN1C(=O)C(O)(CC(=O)c2ccc(C)cc2C)c2ccccc21. The summed E-state index contributed by atoms with van der Waals surface area (Å²) >= 11 is 0. The Hall–Kier alpha value is -2.90. The number of ketones is 1. The zero-order chi connectivity index (χ0) is 18.2. The maximum absolute atomic E-state index is 12.8. The molecule has 2 aromatic rings. The summed E-state index contributed by atoms with van der Waals surface area (Å²) in [7, 11) is 0. The van der Waals surface area contributed by atoms with Crippen molar-refractivity contribution in [3.8, 4) is 12.3 Å². The van der Waals surface area contributed by atoms with Gasteiger partial charge in [-0.1, -0.05) is 47.9 Å². The molecule has 3 rings (SSSR count). The molecule has 0 saturated heterocycles. The molecule has 0 fully saturated rings. The molecule has 0 bridgehead atoms. The Balaban J connectivity index is 2.00. The van der Waals surface area contributed by atoms with E-state index in [0.29, 0.717) is 16.8 Å². The van der Waals surface area contributed by atoms with Crippen LogP contribution in [-0.2, 0) is 10.4 Å². The first-order valence-corrected chi connectivity index (χ1v) is 8.06. The molecule has 1 N–H and O–H groups in total. The van der Waals surface area contributed by atoms with E-state index < -0.39 is 11.5 Å². The van der Waals surface area contributed by atoms with Crippen molar-refractivity contribution in [3.63, 3.8) is 0 Å². The first-order valence-electron chi connectivity index (χ1n) is 8.06. The van der Waals surface area contributed by atoms with E-state index in [-0.39, 0.29) is 18.7 Å². The van der Waals surface area contributed by atoms with Crippen molar-refractivity contribution in [2.45, 2.75) is 25.9 Å². The molecule has 0 aliphatic carbocycles. The summed E-state index contributed by atoms with van der Waals surface area (Å²) in [6, 6.07) is 12.4. The minimum atomic E-state index is -1.89. The van der Waals surface area contributed by atoms with Crippen LogP contribution in [0, 0.1) is 26.2 Å². The van der Waals surface area contributed by atoms with Crippen molar-refractivity contribution in [1.82, 2.24) is 0 Å². The van der Waals surface area contributed by atoms with Gasteiger partial charge in [-0.25, -0.2) is 0 Å². The molecule has 1 atom stereocenters. The molecule has 0 radical (unpaired) electrons. The van der Waals surface area contributed by atoms with Crippen LogP contribution in [0.2, 0.25) is 0 Å². The van der Waals surface area contributed by atoms with Crippen molar-refractivity contribution in [1.29, 1.82) is 0 Å². The fourth-order valence-electron chi connectivity index (χ4n) is 3.38. The van der Waals surface area contributed by atoms with Gasteiger partial charge in [0.15, 0.2) is 11.4 Å². The van der Waals surface area contributed by atoms with Crippen LogP contribution in [0.3, 0.4) is 0 Å². The number of anilines is 1. The Morgan fingerprint density at radius 3 is 2.64 bits per heavy atom. The summed E-state index contributed by atoms with van der Waals surface area (Å²) in [5.41, 5.74) is 1.49. The van der Waals surface area contributed by atoms with Gasteiger partial charge in [0, 0.05) is 11.1 Å². The monoisotopic (exact) mass is 333 g/mol. The van der Waals surface area contributed by atoms with Crippen LogP contribution in [0.4, 0.5) is 5.69 Å². The summed E-state index contributed by atoms with van der Waals surface area (Å²) in [6.07, 6.45) is 5.04. The number of hydrogen-bond acceptors (Lipinski definition) is 3. The molecule has 1 amide bonds. The standard InChI is InChI=1S/C21H19NO3/c1-4-11-22-18-8-6-5-7-17(18)21(25,20(22)24)13-19(23)16-10-9-14(2)12-15(16)3/h1,5-10,12,25H,11,13H2,2-3H3. The van der Waals surface area contributed by atoms with Crippen molar-refractivity contribution >= 4 is 17.4 Å². The number of amides is 1. The van der Waals surface area contributed by atoms with Gasteiger partial charge < -0.3 is 5.11 Å². The molecular formula is C21H19NO3. The molecule has 0 aromatic heterocycles. The highest BCUT2D eigenvalue weighted by molar-refractivity contribution is 6.11. The fraction of sp³-hybridized carbons (Fsp3) is 0.238. The number of aryl methyl sites for hydroxylation is 2. The normalized spacial score (nSPS) is 18.8. The molecule has 1 heterocycles. The minimum Gasteiger partial charge on any atom is -0.375 e. The topological polar surface area (TPSA) is 57.6 Å². The summed E-state index contributed by atoms with van der Waals surface area (Å²) < 4.78 is 0. The molecular weight excluding hydrogens is 314 g/mol. The van der Waals surface area contributed by atoms with Crippen LogP contribution in [0.25, 0.3) is 0 Å². The van der Waals surface area contributed by atoms with Gasteiger partial charge in [-0.05, 0) is 25.5 Å². The maximum Gasteiger partial charge on any atom is 0.265 e. The van der Waals surface area contributed by atoms with Gasteiger partial charge in [0.25, 0.3) is 5.91 Å². The third kappa shape index (κ3) is 2.73. The van der Waals surface area contributed by atoms with Crippen LogP contribution in [0.15, 0.2) is 42.5 Å². The highest BCUT2D eigenvalue weighted by Gasteiger charge is 2.50. The molecule has 4 heteroatoms. The third-order valence-corrected chi connectivity index (χ3v) is 4.59. The molecule has 4 nitrogen and oxygen atoms in total. The highest BCUT2D eigenvalue weighted by atomic mass is 16.3. The van der Waals surface area contributed by atoms with Crippen LogP contribution in [0.1, 0.15) is 33.5 Å². The number of hydrogen-bond donors (Lipinski definition) is 1. The Kier molecular flexibility index (Phi) is 4.20. The number of carbonyl (C=O) groups is 2. The second-order valence-electron chi connectivity index (χ2n) is 6.39. The predicted molar refractivity (Wildman–Crippen MR) is 96.4 cm³/mol. The number of Topliss-reactive ketones (excluding diaryl/α,β-unsaturated/α-hetero) is 1. The van der Waals surface area contributed by atoms with Gasteiger partial charge in [0.2, 0.25) is 0 Å². The second kappa shape index (κ2) is 6.19. The molecule has 126 valence electrons. The quantitative estimate of drug-likeness (QED) is 0.691. The van der Waals surface area contributed by atoms with E-state index in [1.165, 1.54) is 4.90 Å². The number of fused-ring (bicyclic) bond motifs is 1. The van der Waals surface area contributed by atoms with E-state index in [1.807, 2.05) is 26.0 Å². The van der Waals surface area contributed by atoms with E-state index in [0.717, 1.165) is 11.1 Å². The van der Waals surface area contributed by atoms with Crippen LogP contribution < -0.4 is 4.90 Å². The Labute approximate surface area is 147 Å². The molecule has 1 aliphatic rings. The zero-order valence-corrected chi connectivity index (χ0v) is 14.2. The molecule has 2 aromatic carbocycles. The molecule has 1 unspecified atom stereocenters. The largest absolute Gasteiger partial charge is 0.375 e. The Morgan fingerprint density at radius 2 is 1.96 bits per heavy atom. The smallest absolute Gasteiger partial charge is 0.265 e.